The summed E-state index contributed by atoms with van der Waals surface area (Å²) in [4.78, 5) is 20.0. The number of pyridine rings is 1. The quantitative estimate of drug-likeness (QED) is 0.812. The highest BCUT2D eigenvalue weighted by Gasteiger charge is 2.44. The van der Waals surface area contributed by atoms with Crippen molar-refractivity contribution in [1.29, 1.82) is 0 Å². The van der Waals surface area contributed by atoms with E-state index in [1.807, 2.05) is 17.0 Å². The molecular formula is C16H24N4O2. The molecule has 6 nitrogen and oxygen atoms in total. The maximum absolute atomic E-state index is 11.6. The number of piperidine rings is 1. The summed E-state index contributed by atoms with van der Waals surface area (Å²) in [5.41, 5.74) is -0.393. The fourth-order valence-corrected chi connectivity index (χ4v) is 3.41. The van der Waals surface area contributed by atoms with Gasteiger partial charge >= 0.3 is 0 Å². The van der Waals surface area contributed by atoms with Crippen molar-refractivity contribution in [3.8, 4) is 5.75 Å². The maximum Gasteiger partial charge on any atom is 0.211 e. The first-order valence-corrected chi connectivity index (χ1v) is 8.06. The Labute approximate surface area is 131 Å². The van der Waals surface area contributed by atoms with E-state index < -0.39 is 5.66 Å². The van der Waals surface area contributed by atoms with Crippen molar-refractivity contribution in [1.82, 2.24) is 20.1 Å². The molecule has 2 aliphatic rings. The predicted molar refractivity (Wildman–Crippen MR) is 83.5 cm³/mol. The van der Waals surface area contributed by atoms with Gasteiger partial charge in [-0.05, 0) is 25.0 Å². The third-order valence-electron chi connectivity index (χ3n) is 4.65. The molecular weight excluding hydrogens is 280 g/mol. The Morgan fingerprint density at radius 2 is 2.18 bits per heavy atom. The molecule has 3 rings (SSSR count). The van der Waals surface area contributed by atoms with Crippen molar-refractivity contribution in [2.24, 2.45) is 0 Å². The Kier molecular flexibility index (Phi) is 4.90. The molecule has 0 saturated carbocycles. The second kappa shape index (κ2) is 7.07. The summed E-state index contributed by atoms with van der Waals surface area (Å²) < 4.78 is 5.99. The largest absolute Gasteiger partial charge is 0.488 e. The van der Waals surface area contributed by atoms with Crippen LogP contribution in [0.5, 0.6) is 5.75 Å². The van der Waals surface area contributed by atoms with Crippen LogP contribution in [0, 0.1) is 0 Å². The molecule has 3 heterocycles. The summed E-state index contributed by atoms with van der Waals surface area (Å²) >= 11 is 0. The molecule has 6 heteroatoms. The van der Waals surface area contributed by atoms with Gasteiger partial charge in [-0.15, -0.1) is 0 Å². The Morgan fingerprint density at radius 1 is 1.32 bits per heavy atom. The van der Waals surface area contributed by atoms with Crippen molar-refractivity contribution in [3.63, 3.8) is 0 Å². The van der Waals surface area contributed by atoms with Crippen LogP contribution in [0.25, 0.3) is 0 Å². The molecule has 1 atom stereocenters. The molecule has 120 valence electrons. The van der Waals surface area contributed by atoms with E-state index in [1.165, 1.54) is 19.3 Å². The Hall–Kier alpha value is -1.66. The Balaban J connectivity index is 1.79. The van der Waals surface area contributed by atoms with E-state index in [9.17, 15) is 4.79 Å². The van der Waals surface area contributed by atoms with E-state index >= 15 is 0 Å². The number of ether oxygens (including phenoxy) is 1. The van der Waals surface area contributed by atoms with Crippen molar-refractivity contribution >= 4 is 6.41 Å². The molecule has 22 heavy (non-hydrogen) atoms. The highest BCUT2D eigenvalue weighted by Crippen LogP contribution is 2.26. The molecule has 0 radical (unpaired) electrons. The Morgan fingerprint density at radius 3 is 2.91 bits per heavy atom. The zero-order valence-electron chi connectivity index (χ0n) is 12.9. The minimum atomic E-state index is -0.393. The lowest BCUT2D eigenvalue weighted by molar-refractivity contribution is -0.145. The number of nitrogens with zero attached hydrogens (tertiary/aromatic N) is 3. The van der Waals surface area contributed by atoms with Crippen LogP contribution < -0.4 is 10.1 Å². The summed E-state index contributed by atoms with van der Waals surface area (Å²) in [6.07, 6.45) is 8.05. The molecule has 1 N–H and O–H groups in total. The average Bonchev–Trinajstić information content (AvgIpc) is 2.62. The lowest BCUT2D eigenvalue weighted by Gasteiger charge is -2.52. The van der Waals surface area contributed by atoms with E-state index in [0.717, 1.165) is 44.9 Å². The van der Waals surface area contributed by atoms with Gasteiger partial charge in [0.1, 0.15) is 18.0 Å². The normalized spacial score (nSPS) is 26.6. The van der Waals surface area contributed by atoms with Gasteiger partial charge in [0, 0.05) is 38.9 Å². The zero-order chi connectivity index (χ0) is 15.3. The van der Waals surface area contributed by atoms with Gasteiger partial charge in [0.05, 0.1) is 6.20 Å². The average molecular weight is 304 g/mol. The van der Waals surface area contributed by atoms with Crippen molar-refractivity contribution in [2.75, 3.05) is 39.3 Å². The van der Waals surface area contributed by atoms with Crippen molar-refractivity contribution in [2.45, 2.75) is 24.9 Å². The van der Waals surface area contributed by atoms with E-state index in [2.05, 4.69) is 15.2 Å². The molecule has 2 saturated heterocycles. The van der Waals surface area contributed by atoms with Gasteiger partial charge in [-0.1, -0.05) is 6.42 Å². The topological polar surface area (TPSA) is 57.7 Å². The highest BCUT2D eigenvalue weighted by atomic mass is 16.5. The first-order valence-electron chi connectivity index (χ1n) is 8.06. The van der Waals surface area contributed by atoms with Crippen LogP contribution >= 0.6 is 0 Å². The molecule has 0 aliphatic carbocycles. The number of amides is 1. The molecule has 0 bridgehead atoms. The van der Waals surface area contributed by atoms with Crippen LogP contribution in [0.3, 0.4) is 0 Å². The van der Waals surface area contributed by atoms with Crippen LogP contribution in [0.1, 0.15) is 19.3 Å². The van der Waals surface area contributed by atoms with Crippen LogP contribution in [0.4, 0.5) is 0 Å². The molecule has 0 spiro atoms. The summed E-state index contributed by atoms with van der Waals surface area (Å²) in [6, 6.07) is 3.76. The van der Waals surface area contributed by atoms with Gasteiger partial charge in [-0.25, -0.2) is 0 Å². The fraction of sp³-hybridized carbons (Fsp3) is 0.625. The third-order valence-corrected chi connectivity index (χ3v) is 4.65. The van der Waals surface area contributed by atoms with E-state index in [-0.39, 0.29) is 0 Å². The molecule has 1 unspecified atom stereocenters. The number of hydrogen-bond donors (Lipinski definition) is 1. The zero-order valence-corrected chi connectivity index (χ0v) is 12.9. The number of aromatic nitrogens is 1. The third kappa shape index (κ3) is 3.08. The molecule has 0 aromatic carbocycles. The smallest absolute Gasteiger partial charge is 0.211 e. The monoisotopic (exact) mass is 304 g/mol. The number of carbonyl (C=O) groups excluding carboxylic acids is 1. The minimum absolute atomic E-state index is 0.393. The van der Waals surface area contributed by atoms with Crippen LogP contribution in [-0.2, 0) is 4.79 Å². The number of carbonyl (C=O) groups is 1. The minimum Gasteiger partial charge on any atom is -0.488 e. The number of hydrogen-bond acceptors (Lipinski definition) is 5. The lowest BCUT2D eigenvalue weighted by atomic mass is 10.00. The number of nitrogens with one attached hydrogen (secondary N) is 1. The van der Waals surface area contributed by atoms with Crippen LogP contribution in [0.15, 0.2) is 24.5 Å². The van der Waals surface area contributed by atoms with Gasteiger partial charge < -0.3 is 15.0 Å². The van der Waals surface area contributed by atoms with Gasteiger partial charge in [0.25, 0.3) is 0 Å². The lowest BCUT2D eigenvalue weighted by Crippen LogP contribution is -2.72. The molecule has 2 fully saturated rings. The second-order valence-corrected chi connectivity index (χ2v) is 5.98. The van der Waals surface area contributed by atoms with Crippen molar-refractivity contribution in [3.05, 3.63) is 24.5 Å². The van der Waals surface area contributed by atoms with E-state index in [4.69, 9.17) is 4.74 Å². The molecule has 1 aromatic heterocycles. The standard InChI is InChI=1S/C16H24N4O2/c21-14-20-10-7-18-12-16(20,19-8-2-1-3-9-19)13-22-15-5-4-6-17-11-15/h4-6,11,14,18H,1-3,7-10,12-13H2. The summed E-state index contributed by atoms with van der Waals surface area (Å²) in [5.74, 6) is 0.746. The SMILES string of the molecule is O=CN1CCNCC1(COc1cccnc1)N1CCCCC1. The second-order valence-electron chi connectivity index (χ2n) is 5.98. The number of likely N-dealkylation sites (tertiary alicyclic amines) is 1. The number of piperazine rings is 1. The summed E-state index contributed by atoms with van der Waals surface area (Å²) in [5, 5.41) is 3.44. The Bertz CT molecular complexity index is 478. The first kappa shape index (κ1) is 15.2. The molecule has 1 aromatic rings. The fourth-order valence-electron chi connectivity index (χ4n) is 3.41. The summed E-state index contributed by atoms with van der Waals surface area (Å²) in [6.45, 7) is 4.79. The van der Waals surface area contributed by atoms with Gasteiger partial charge in [0.2, 0.25) is 6.41 Å². The van der Waals surface area contributed by atoms with Crippen molar-refractivity contribution < 1.29 is 9.53 Å². The first-order chi connectivity index (χ1) is 10.8. The predicted octanol–water partition coefficient (Wildman–Crippen LogP) is 0.704. The summed E-state index contributed by atoms with van der Waals surface area (Å²) in [7, 11) is 0. The highest BCUT2D eigenvalue weighted by molar-refractivity contribution is 5.49. The van der Waals surface area contributed by atoms with E-state index in [0.29, 0.717) is 6.61 Å². The van der Waals surface area contributed by atoms with Crippen LogP contribution in [0.2, 0.25) is 0 Å². The maximum atomic E-state index is 11.6. The molecule has 2 aliphatic heterocycles. The van der Waals surface area contributed by atoms with Crippen LogP contribution in [-0.4, -0.2) is 66.2 Å². The van der Waals surface area contributed by atoms with Gasteiger partial charge in [-0.3, -0.25) is 14.7 Å². The molecule has 1 amide bonds. The van der Waals surface area contributed by atoms with E-state index in [1.54, 1.807) is 12.4 Å². The number of rotatable bonds is 5. The van der Waals surface area contributed by atoms with Gasteiger partial charge in [0.15, 0.2) is 0 Å². The van der Waals surface area contributed by atoms with Gasteiger partial charge in [-0.2, -0.15) is 0 Å².